The molecule has 0 saturated heterocycles. The van der Waals surface area contributed by atoms with E-state index in [1.165, 1.54) is 31.4 Å². The average Bonchev–Trinajstić information content (AvgIpc) is 2.46. The molecular weight excluding hydrogens is 383 g/mol. The average molecular weight is 404 g/mol. The number of guanidine groups is 1. The number of halogens is 1. The Labute approximate surface area is 141 Å². The van der Waals surface area contributed by atoms with Crippen molar-refractivity contribution in [2.75, 3.05) is 0 Å². The van der Waals surface area contributed by atoms with E-state index < -0.39 is 4.92 Å². The minimum Gasteiger partial charge on any atom is -0.370 e. The molecule has 6 nitrogen and oxygen atoms in total. The van der Waals surface area contributed by atoms with E-state index in [9.17, 15) is 10.1 Å². The van der Waals surface area contributed by atoms with Crippen molar-refractivity contribution in [1.82, 2.24) is 5.32 Å². The van der Waals surface area contributed by atoms with Crippen LogP contribution in [0.3, 0.4) is 0 Å². The van der Waals surface area contributed by atoms with Gasteiger partial charge < -0.3 is 11.1 Å². The Balaban J connectivity index is 0.00000220. The molecule has 0 radical (unpaired) electrons. The number of rotatable bonds is 4. The number of hydrogen-bond donors (Lipinski definition) is 2. The molecule has 0 aliphatic heterocycles. The number of nitrogens with two attached hydrogens (primary N) is 1. The fourth-order valence-electron chi connectivity index (χ4n) is 2.40. The predicted molar refractivity (Wildman–Crippen MR) is 93.8 cm³/mol. The summed E-state index contributed by atoms with van der Waals surface area (Å²) in [6.45, 7) is 0.434. The van der Waals surface area contributed by atoms with E-state index in [2.05, 4.69) is 10.3 Å². The van der Waals surface area contributed by atoms with Gasteiger partial charge in [0.2, 0.25) is 0 Å². The van der Waals surface area contributed by atoms with Crippen molar-refractivity contribution in [3.63, 3.8) is 0 Å². The second-order valence-corrected chi connectivity index (χ2v) is 5.10. The van der Waals surface area contributed by atoms with Crippen molar-refractivity contribution >= 4 is 35.6 Å². The van der Waals surface area contributed by atoms with Crippen LogP contribution in [0.4, 0.5) is 5.69 Å². The summed E-state index contributed by atoms with van der Waals surface area (Å²) >= 11 is 0. The molecule has 3 N–H and O–H groups in total. The SMILES string of the molecule is I.NC(=NCc1ccc([N+](=O)[O-])cc1)NC1CCCCC1. The van der Waals surface area contributed by atoms with Crippen LogP contribution < -0.4 is 11.1 Å². The molecule has 21 heavy (non-hydrogen) atoms. The lowest BCUT2D eigenvalue weighted by Gasteiger charge is -2.23. The molecule has 7 heteroatoms. The van der Waals surface area contributed by atoms with Crippen LogP contribution in [0.2, 0.25) is 0 Å². The Bertz CT molecular complexity index is 484. The summed E-state index contributed by atoms with van der Waals surface area (Å²) < 4.78 is 0. The van der Waals surface area contributed by atoms with Gasteiger partial charge in [-0.15, -0.1) is 24.0 Å². The highest BCUT2D eigenvalue weighted by Crippen LogP contribution is 2.17. The van der Waals surface area contributed by atoms with E-state index in [-0.39, 0.29) is 29.7 Å². The van der Waals surface area contributed by atoms with Gasteiger partial charge in [-0.2, -0.15) is 0 Å². The normalized spacial score (nSPS) is 16.1. The van der Waals surface area contributed by atoms with Crippen LogP contribution in [0.25, 0.3) is 0 Å². The van der Waals surface area contributed by atoms with E-state index in [1.807, 2.05) is 0 Å². The number of nitrogens with one attached hydrogen (secondary N) is 1. The molecule has 0 heterocycles. The zero-order valence-electron chi connectivity index (χ0n) is 11.8. The van der Waals surface area contributed by atoms with Gasteiger partial charge >= 0.3 is 0 Å². The van der Waals surface area contributed by atoms with Gasteiger partial charge in [0.15, 0.2) is 5.96 Å². The van der Waals surface area contributed by atoms with Gasteiger partial charge in [0.05, 0.1) is 11.5 Å². The Morgan fingerprint density at radius 2 is 1.90 bits per heavy atom. The van der Waals surface area contributed by atoms with Gasteiger partial charge in [-0.25, -0.2) is 4.99 Å². The zero-order chi connectivity index (χ0) is 14.4. The molecule has 1 fully saturated rings. The summed E-state index contributed by atoms with van der Waals surface area (Å²) in [5.41, 5.74) is 6.86. The van der Waals surface area contributed by atoms with Crippen molar-refractivity contribution in [1.29, 1.82) is 0 Å². The molecule has 1 saturated carbocycles. The van der Waals surface area contributed by atoms with Gasteiger partial charge in [0, 0.05) is 18.2 Å². The molecular formula is C14H21IN4O2. The van der Waals surface area contributed by atoms with Crippen LogP contribution in [-0.4, -0.2) is 16.9 Å². The third kappa shape index (κ3) is 5.86. The van der Waals surface area contributed by atoms with Crippen molar-refractivity contribution < 1.29 is 4.92 Å². The lowest BCUT2D eigenvalue weighted by Crippen LogP contribution is -2.41. The van der Waals surface area contributed by atoms with Gasteiger partial charge in [-0.1, -0.05) is 31.4 Å². The smallest absolute Gasteiger partial charge is 0.269 e. The second kappa shape index (κ2) is 8.81. The molecule has 0 spiro atoms. The molecule has 1 aromatic carbocycles. The monoisotopic (exact) mass is 404 g/mol. The highest BCUT2D eigenvalue weighted by Gasteiger charge is 2.13. The van der Waals surface area contributed by atoms with E-state index >= 15 is 0 Å². The first-order chi connectivity index (χ1) is 9.65. The summed E-state index contributed by atoms with van der Waals surface area (Å²) in [6, 6.07) is 6.81. The zero-order valence-corrected chi connectivity index (χ0v) is 14.2. The van der Waals surface area contributed by atoms with Crippen molar-refractivity contribution in [2.24, 2.45) is 10.7 Å². The Morgan fingerprint density at radius 3 is 2.48 bits per heavy atom. The van der Waals surface area contributed by atoms with Crippen LogP contribution in [0.1, 0.15) is 37.7 Å². The van der Waals surface area contributed by atoms with Gasteiger partial charge in [-0.3, -0.25) is 10.1 Å². The molecule has 0 atom stereocenters. The highest BCUT2D eigenvalue weighted by atomic mass is 127. The largest absolute Gasteiger partial charge is 0.370 e. The van der Waals surface area contributed by atoms with E-state index in [4.69, 9.17) is 5.73 Å². The molecule has 1 aliphatic carbocycles. The molecule has 116 valence electrons. The first kappa shape index (κ1) is 17.7. The molecule has 0 bridgehead atoms. The number of nitro groups is 1. The lowest BCUT2D eigenvalue weighted by molar-refractivity contribution is -0.384. The van der Waals surface area contributed by atoms with Crippen molar-refractivity contribution in [2.45, 2.75) is 44.7 Å². The standard InChI is InChI=1S/C14H20N4O2.HI/c15-14(17-12-4-2-1-3-5-12)16-10-11-6-8-13(9-7-11)18(19)20;/h6-9,12H,1-5,10H2,(H3,15,16,17);1H. The van der Waals surface area contributed by atoms with Crippen LogP contribution in [0.5, 0.6) is 0 Å². The quantitative estimate of drug-likeness (QED) is 0.265. The first-order valence-electron chi connectivity index (χ1n) is 6.95. The number of benzene rings is 1. The topological polar surface area (TPSA) is 93.5 Å². The summed E-state index contributed by atoms with van der Waals surface area (Å²) in [6.07, 6.45) is 6.08. The van der Waals surface area contributed by atoms with Gasteiger partial charge in [0.1, 0.15) is 0 Å². The predicted octanol–water partition coefficient (Wildman–Crippen LogP) is 2.95. The second-order valence-electron chi connectivity index (χ2n) is 5.10. The van der Waals surface area contributed by atoms with Crippen LogP contribution in [0, 0.1) is 10.1 Å². The van der Waals surface area contributed by atoms with Crippen LogP contribution in [0.15, 0.2) is 29.3 Å². The van der Waals surface area contributed by atoms with Gasteiger partial charge in [0.25, 0.3) is 5.69 Å². The lowest BCUT2D eigenvalue weighted by atomic mass is 9.96. The Kier molecular flexibility index (Phi) is 7.41. The van der Waals surface area contributed by atoms with Crippen molar-refractivity contribution in [3.05, 3.63) is 39.9 Å². The summed E-state index contributed by atoms with van der Waals surface area (Å²) in [5.74, 6) is 0.454. The Morgan fingerprint density at radius 1 is 1.29 bits per heavy atom. The van der Waals surface area contributed by atoms with Gasteiger partial charge in [-0.05, 0) is 18.4 Å². The summed E-state index contributed by atoms with van der Waals surface area (Å²) in [5, 5.41) is 13.8. The fourth-order valence-corrected chi connectivity index (χ4v) is 2.40. The van der Waals surface area contributed by atoms with Crippen LogP contribution >= 0.6 is 24.0 Å². The number of nitrogens with zero attached hydrogens (tertiary/aromatic N) is 2. The molecule has 0 unspecified atom stereocenters. The fraction of sp³-hybridized carbons (Fsp3) is 0.500. The maximum Gasteiger partial charge on any atom is 0.269 e. The van der Waals surface area contributed by atoms with E-state index in [0.29, 0.717) is 18.5 Å². The summed E-state index contributed by atoms with van der Waals surface area (Å²) in [7, 11) is 0. The number of aliphatic imine (C=N–C) groups is 1. The number of hydrogen-bond acceptors (Lipinski definition) is 3. The van der Waals surface area contributed by atoms with E-state index in [0.717, 1.165) is 18.4 Å². The minimum atomic E-state index is -0.411. The van der Waals surface area contributed by atoms with Crippen LogP contribution in [-0.2, 0) is 6.54 Å². The minimum absolute atomic E-state index is 0. The maximum atomic E-state index is 10.5. The number of non-ortho nitro benzene ring substituents is 1. The molecule has 0 aromatic heterocycles. The highest BCUT2D eigenvalue weighted by molar-refractivity contribution is 14.0. The first-order valence-corrected chi connectivity index (χ1v) is 6.95. The molecule has 2 rings (SSSR count). The summed E-state index contributed by atoms with van der Waals surface area (Å²) in [4.78, 5) is 14.4. The van der Waals surface area contributed by atoms with Crippen molar-refractivity contribution in [3.8, 4) is 0 Å². The third-order valence-electron chi connectivity index (χ3n) is 3.54. The third-order valence-corrected chi connectivity index (χ3v) is 3.54. The Hall–Kier alpha value is -1.38. The molecule has 1 aromatic rings. The maximum absolute atomic E-state index is 10.5. The molecule has 1 aliphatic rings. The van der Waals surface area contributed by atoms with E-state index in [1.54, 1.807) is 12.1 Å². The molecule has 0 amide bonds. The number of nitro benzene ring substituents is 1.